The van der Waals surface area contributed by atoms with Gasteiger partial charge in [-0.25, -0.2) is 4.74 Å². The van der Waals surface area contributed by atoms with Crippen LogP contribution in [0, 0.1) is 5.21 Å². The Kier molecular flexibility index (Phi) is 4.60. The van der Waals surface area contributed by atoms with E-state index in [1.807, 2.05) is 42.5 Å². The van der Waals surface area contributed by atoms with E-state index in [1.54, 1.807) is 20.3 Å². The lowest BCUT2D eigenvalue weighted by Gasteiger charge is -2.10. The molecule has 0 unspecified atom stereocenters. The highest BCUT2D eigenvalue weighted by Gasteiger charge is 2.10. The van der Waals surface area contributed by atoms with Crippen LogP contribution in [-0.4, -0.2) is 25.2 Å². The Labute approximate surface area is 118 Å². The van der Waals surface area contributed by atoms with Gasteiger partial charge < -0.3 is 14.7 Å². The van der Waals surface area contributed by atoms with Gasteiger partial charge in [0.25, 0.3) is 0 Å². The summed E-state index contributed by atoms with van der Waals surface area (Å²) in [7, 11) is 3.13. The van der Waals surface area contributed by atoms with Gasteiger partial charge in [0.05, 0.1) is 19.8 Å². The standard InChI is InChI=1S/C16H17NO3/c1-19-15-10-6-9-14(16(15)20-2)12-17(18)11-13-7-4-3-5-8-13/h3-10,12H,11H2,1-2H3/b17-12-. The number of methoxy groups -OCH3 is 2. The Hall–Kier alpha value is -2.49. The first-order chi connectivity index (χ1) is 9.74. The van der Waals surface area contributed by atoms with E-state index in [9.17, 15) is 5.21 Å². The molecule has 0 aliphatic rings. The van der Waals surface area contributed by atoms with E-state index in [0.29, 0.717) is 23.6 Å². The van der Waals surface area contributed by atoms with Crippen LogP contribution in [0.5, 0.6) is 11.5 Å². The lowest BCUT2D eigenvalue weighted by atomic mass is 10.2. The molecule has 2 aromatic rings. The Morgan fingerprint density at radius 2 is 1.75 bits per heavy atom. The van der Waals surface area contributed by atoms with E-state index >= 15 is 0 Å². The van der Waals surface area contributed by atoms with Crippen molar-refractivity contribution in [3.8, 4) is 11.5 Å². The smallest absolute Gasteiger partial charge is 0.186 e. The maximum Gasteiger partial charge on any atom is 0.186 e. The number of rotatable bonds is 5. The predicted molar refractivity (Wildman–Crippen MR) is 78.5 cm³/mol. The topological polar surface area (TPSA) is 44.5 Å². The van der Waals surface area contributed by atoms with Gasteiger partial charge >= 0.3 is 0 Å². The van der Waals surface area contributed by atoms with Gasteiger partial charge in [0.15, 0.2) is 24.3 Å². The quantitative estimate of drug-likeness (QED) is 0.363. The molecule has 0 aliphatic carbocycles. The van der Waals surface area contributed by atoms with Crippen molar-refractivity contribution in [3.05, 3.63) is 64.9 Å². The van der Waals surface area contributed by atoms with Crippen LogP contribution in [-0.2, 0) is 6.54 Å². The second-order valence-electron chi connectivity index (χ2n) is 4.27. The fraction of sp³-hybridized carbons (Fsp3) is 0.188. The zero-order chi connectivity index (χ0) is 14.4. The van der Waals surface area contributed by atoms with Gasteiger partial charge in [-0.15, -0.1) is 0 Å². The predicted octanol–water partition coefficient (Wildman–Crippen LogP) is 2.83. The summed E-state index contributed by atoms with van der Waals surface area (Å²) >= 11 is 0. The monoisotopic (exact) mass is 271 g/mol. The van der Waals surface area contributed by atoms with Crippen molar-refractivity contribution in [1.82, 2.24) is 0 Å². The minimum absolute atomic E-state index is 0.293. The number of hydrogen-bond donors (Lipinski definition) is 0. The van der Waals surface area contributed by atoms with Crippen LogP contribution in [0.4, 0.5) is 0 Å². The highest BCUT2D eigenvalue weighted by molar-refractivity contribution is 5.81. The van der Waals surface area contributed by atoms with Gasteiger partial charge in [-0.05, 0) is 12.1 Å². The molecule has 0 saturated heterocycles. The molecule has 4 nitrogen and oxygen atoms in total. The maximum absolute atomic E-state index is 12.0. The third-order valence-corrected chi connectivity index (χ3v) is 2.90. The highest BCUT2D eigenvalue weighted by atomic mass is 16.5. The number of hydrogen-bond acceptors (Lipinski definition) is 3. The molecule has 0 aromatic heterocycles. The summed E-state index contributed by atoms with van der Waals surface area (Å²) in [4.78, 5) is 0. The van der Waals surface area contributed by atoms with Gasteiger partial charge in [0.2, 0.25) is 0 Å². The van der Waals surface area contributed by atoms with Crippen molar-refractivity contribution < 1.29 is 14.2 Å². The van der Waals surface area contributed by atoms with E-state index in [1.165, 1.54) is 6.21 Å². The minimum Gasteiger partial charge on any atom is -0.624 e. The molecule has 0 bridgehead atoms. The van der Waals surface area contributed by atoms with E-state index in [-0.39, 0.29) is 0 Å². The highest BCUT2D eigenvalue weighted by Crippen LogP contribution is 2.29. The second kappa shape index (κ2) is 6.61. The molecule has 0 fully saturated rings. The molecule has 4 heteroatoms. The van der Waals surface area contributed by atoms with Crippen molar-refractivity contribution in [2.75, 3.05) is 14.2 Å². The number of nitrogens with zero attached hydrogens (tertiary/aromatic N) is 1. The summed E-state index contributed by atoms with van der Waals surface area (Å²) in [6, 6.07) is 15.0. The normalized spacial score (nSPS) is 11.2. The first-order valence-corrected chi connectivity index (χ1v) is 6.28. The molecule has 0 heterocycles. The molecule has 0 radical (unpaired) electrons. The summed E-state index contributed by atoms with van der Waals surface area (Å²) in [6.07, 6.45) is 1.51. The lowest BCUT2D eigenvalue weighted by Crippen LogP contribution is -2.07. The van der Waals surface area contributed by atoms with E-state index in [4.69, 9.17) is 9.47 Å². The summed E-state index contributed by atoms with van der Waals surface area (Å²) in [5, 5.41) is 12.0. The molecule has 0 spiro atoms. The first-order valence-electron chi connectivity index (χ1n) is 6.28. The summed E-state index contributed by atoms with van der Waals surface area (Å²) in [6.45, 7) is 0.293. The van der Waals surface area contributed by atoms with Crippen LogP contribution in [0.25, 0.3) is 0 Å². The van der Waals surface area contributed by atoms with E-state index in [0.717, 1.165) is 10.3 Å². The molecular weight excluding hydrogens is 254 g/mol. The summed E-state index contributed by atoms with van der Waals surface area (Å²) < 4.78 is 11.4. The number of benzene rings is 2. The lowest BCUT2D eigenvalue weighted by molar-refractivity contribution is -0.469. The molecule has 0 aliphatic heterocycles. The maximum atomic E-state index is 12.0. The molecule has 20 heavy (non-hydrogen) atoms. The van der Waals surface area contributed by atoms with Crippen LogP contribution in [0.2, 0.25) is 0 Å². The van der Waals surface area contributed by atoms with Crippen molar-refractivity contribution in [3.63, 3.8) is 0 Å². The van der Waals surface area contributed by atoms with Crippen LogP contribution < -0.4 is 9.47 Å². The van der Waals surface area contributed by atoms with Crippen LogP contribution >= 0.6 is 0 Å². The van der Waals surface area contributed by atoms with Crippen LogP contribution in [0.15, 0.2) is 48.5 Å². The largest absolute Gasteiger partial charge is 0.624 e. The fourth-order valence-electron chi connectivity index (χ4n) is 1.98. The van der Waals surface area contributed by atoms with E-state index < -0.39 is 0 Å². The number of para-hydroxylation sites is 1. The molecule has 0 saturated carbocycles. The molecule has 0 amide bonds. The van der Waals surface area contributed by atoms with Gasteiger partial charge in [-0.2, -0.15) is 0 Å². The van der Waals surface area contributed by atoms with Gasteiger partial charge in [0.1, 0.15) is 0 Å². The summed E-state index contributed by atoms with van der Waals surface area (Å²) in [5.41, 5.74) is 1.65. The third-order valence-electron chi connectivity index (χ3n) is 2.90. The van der Waals surface area contributed by atoms with Crippen LogP contribution in [0.1, 0.15) is 11.1 Å². The van der Waals surface area contributed by atoms with Crippen molar-refractivity contribution >= 4 is 6.21 Å². The number of ether oxygens (including phenoxy) is 2. The fourth-order valence-corrected chi connectivity index (χ4v) is 1.98. The molecule has 2 rings (SSSR count). The van der Waals surface area contributed by atoms with E-state index in [2.05, 4.69) is 0 Å². The van der Waals surface area contributed by atoms with Gasteiger partial charge in [-0.3, -0.25) is 0 Å². The van der Waals surface area contributed by atoms with Crippen molar-refractivity contribution in [2.24, 2.45) is 0 Å². The average molecular weight is 271 g/mol. The Balaban J connectivity index is 2.26. The molecular formula is C16H17NO3. The molecule has 0 atom stereocenters. The number of hydroxylamine groups is 1. The zero-order valence-electron chi connectivity index (χ0n) is 11.6. The average Bonchev–Trinajstić information content (AvgIpc) is 2.47. The van der Waals surface area contributed by atoms with Crippen molar-refractivity contribution in [2.45, 2.75) is 6.54 Å². The Bertz CT molecular complexity index is 594. The van der Waals surface area contributed by atoms with Gasteiger partial charge in [-0.1, -0.05) is 36.4 Å². The minimum atomic E-state index is 0.293. The Morgan fingerprint density at radius 1 is 1.00 bits per heavy atom. The summed E-state index contributed by atoms with van der Waals surface area (Å²) in [5.74, 6) is 1.17. The Morgan fingerprint density at radius 3 is 2.40 bits per heavy atom. The van der Waals surface area contributed by atoms with Crippen molar-refractivity contribution in [1.29, 1.82) is 0 Å². The van der Waals surface area contributed by atoms with Gasteiger partial charge in [0, 0.05) is 5.56 Å². The molecule has 104 valence electrons. The second-order valence-corrected chi connectivity index (χ2v) is 4.27. The SMILES string of the molecule is COc1cccc(/C=[N+](\[O-])Cc2ccccc2)c1OC. The first kappa shape index (κ1) is 13.9. The zero-order valence-corrected chi connectivity index (χ0v) is 11.6. The third kappa shape index (κ3) is 3.29. The van der Waals surface area contributed by atoms with Crippen LogP contribution in [0.3, 0.4) is 0 Å². The molecule has 0 N–H and O–H groups in total. The molecule has 2 aromatic carbocycles.